The molecule has 0 spiro atoms. The van der Waals surface area contributed by atoms with E-state index in [4.69, 9.17) is 9.26 Å². The van der Waals surface area contributed by atoms with Crippen molar-refractivity contribution in [2.45, 2.75) is 37.8 Å². The van der Waals surface area contributed by atoms with Crippen molar-refractivity contribution in [1.29, 1.82) is 0 Å². The van der Waals surface area contributed by atoms with Crippen LogP contribution in [0, 0.1) is 0 Å². The van der Waals surface area contributed by atoms with E-state index in [2.05, 4.69) is 15.5 Å². The molecule has 2 atom stereocenters. The molecule has 2 aliphatic heterocycles. The van der Waals surface area contributed by atoms with E-state index in [9.17, 15) is 9.59 Å². The van der Waals surface area contributed by atoms with Gasteiger partial charge in [-0.15, -0.1) is 0 Å². The van der Waals surface area contributed by atoms with Gasteiger partial charge in [0.05, 0.1) is 13.2 Å². The van der Waals surface area contributed by atoms with Crippen LogP contribution in [0.25, 0.3) is 0 Å². The summed E-state index contributed by atoms with van der Waals surface area (Å²) in [6, 6.07) is -0.525. The molecule has 21 heavy (non-hydrogen) atoms. The van der Waals surface area contributed by atoms with Crippen LogP contribution in [0.3, 0.4) is 0 Å². The van der Waals surface area contributed by atoms with Gasteiger partial charge in [-0.1, -0.05) is 5.16 Å². The molecule has 3 heterocycles. The number of carbonyl (C=O) groups excluding carboxylic acids is 2. The largest absolute Gasteiger partial charge is 0.467 e. The average molecular weight is 294 g/mol. The van der Waals surface area contributed by atoms with Gasteiger partial charge >= 0.3 is 5.97 Å². The number of aromatic nitrogens is 2. The van der Waals surface area contributed by atoms with Gasteiger partial charge in [-0.3, -0.25) is 4.79 Å². The van der Waals surface area contributed by atoms with Crippen molar-refractivity contribution in [2.75, 3.05) is 20.2 Å². The van der Waals surface area contributed by atoms with Crippen LogP contribution in [0.4, 0.5) is 0 Å². The number of methoxy groups -OCH3 is 1. The highest BCUT2D eigenvalue weighted by atomic mass is 16.5. The molecular weight excluding hydrogens is 276 g/mol. The van der Waals surface area contributed by atoms with Crippen molar-refractivity contribution in [3.05, 3.63) is 11.7 Å². The first-order chi connectivity index (χ1) is 10.2. The van der Waals surface area contributed by atoms with Crippen LogP contribution in [0.1, 0.15) is 48.2 Å². The lowest BCUT2D eigenvalue weighted by atomic mass is 10.2. The van der Waals surface area contributed by atoms with Crippen molar-refractivity contribution in [3.8, 4) is 0 Å². The number of nitrogens with zero attached hydrogens (tertiary/aromatic N) is 3. The van der Waals surface area contributed by atoms with Crippen molar-refractivity contribution in [3.63, 3.8) is 0 Å². The van der Waals surface area contributed by atoms with Crippen molar-refractivity contribution >= 4 is 11.9 Å². The quantitative estimate of drug-likeness (QED) is 0.799. The number of amides is 1. The van der Waals surface area contributed by atoms with Crippen LogP contribution in [0.15, 0.2) is 4.52 Å². The fraction of sp³-hybridized carbons (Fsp3) is 0.692. The number of carbonyl (C=O) groups is 2. The first-order valence-electron chi connectivity index (χ1n) is 7.16. The molecule has 1 amide bonds. The third-order valence-corrected chi connectivity index (χ3v) is 3.98. The van der Waals surface area contributed by atoms with E-state index in [0.29, 0.717) is 18.9 Å². The van der Waals surface area contributed by atoms with E-state index in [1.807, 2.05) is 0 Å². The maximum absolute atomic E-state index is 12.4. The normalized spacial score (nSPS) is 25.3. The van der Waals surface area contributed by atoms with Gasteiger partial charge in [-0.25, -0.2) is 4.79 Å². The molecule has 2 unspecified atom stereocenters. The highest BCUT2D eigenvalue weighted by Gasteiger charge is 2.37. The monoisotopic (exact) mass is 294 g/mol. The van der Waals surface area contributed by atoms with E-state index >= 15 is 0 Å². The summed E-state index contributed by atoms with van der Waals surface area (Å²) < 4.78 is 9.89. The maximum Gasteiger partial charge on any atom is 0.328 e. The number of nitrogens with one attached hydrogen (secondary N) is 1. The Labute approximate surface area is 121 Å². The molecule has 8 nitrogen and oxygen atoms in total. The molecular formula is C13H18N4O4. The molecule has 0 aliphatic carbocycles. The van der Waals surface area contributed by atoms with Gasteiger partial charge in [0.2, 0.25) is 5.89 Å². The fourth-order valence-electron chi connectivity index (χ4n) is 2.88. The second kappa shape index (κ2) is 5.80. The second-order valence-corrected chi connectivity index (χ2v) is 5.28. The van der Waals surface area contributed by atoms with Crippen molar-refractivity contribution in [2.24, 2.45) is 0 Å². The molecule has 0 saturated carbocycles. The average Bonchev–Trinajstić information content (AvgIpc) is 3.25. The van der Waals surface area contributed by atoms with E-state index in [1.54, 1.807) is 0 Å². The molecule has 1 aromatic heterocycles. The second-order valence-electron chi connectivity index (χ2n) is 5.28. The zero-order valence-electron chi connectivity index (χ0n) is 11.9. The molecule has 2 fully saturated rings. The minimum atomic E-state index is -0.547. The minimum Gasteiger partial charge on any atom is -0.467 e. The Balaban J connectivity index is 1.74. The fourth-order valence-corrected chi connectivity index (χ4v) is 2.88. The van der Waals surface area contributed by atoms with Gasteiger partial charge in [-0.2, -0.15) is 4.98 Å². The van der Waals surface area contributed by atoms with Gasteiger partial charge < -0.3 is 19.5 Å². The Bertz CT molecular complexity index is 538. The Morgan fingerprint density at radius 2 is 2.24 bits per heavy atom. The first-order valence-corrected chi connectivity index (χ1v) is 7.16. The van der Waals surface area contributed by atoms with Gasteiger partial charge in [0.1, 0.15) is 6.04 Å². The molecule has 1 aromatic rings. The predicted octanol–water partition coefficient (Wildman–Crippen LogP) is 0.272. The van der Waals surface area contributed by atoms with Crippen LogP contribution in [-0.2, 0) is 9.53 Å². The number of rotatable bonds is 3. The van der Waals surface area contributed by atoms with Crippen LogP contribution in [0.2, 0.25) is 0 Å². The Morgan fingerprint density at radius 3 is 2.95 bits per heavy atom. The molecule has 0 bridgehead atoms. The van der Waals surface area contributed by atoms with E-state index < -0.39 is 12.0 Å². The lowest BCUT2D eigenvalue weighted by molar-refractivity contribution is -0.145. The van der Waals surface area contributed by atoms with Gasteiger partial charge in [-0.05, 0) is 32.2 Å². The lowest BCUT2D eigenvalue weighted by Gasteiger charge is -2.20. The summed E-state index contributed by atoms with van der Waals surface area (Å²) in [7, 11) is 1.32. The Kier molecular flexibility index (Phi) is 3.87. The predicted molar refractivity (Wildman–Crippen MR) is 70.4 cm³/mol. The molecule has 114 valence electrons. The lowest BCUT2D eigenvalue weighted by Crippen LogP contribution is -2.41. The number of ether oxygens (including phenoxy) is 1. The van der Waals surface area contributed by atoms with E-state index in [0.717, 1.165) is 25.8 Å². The minimum absolute atomic E-state index is 0.00880. The number of esters is 1. The molecule has 1 N–H and O–H groups in total. The van der Waals surface area contributed by atoms with Crippen molar-refractivity contribution in [1.82, 2.24) is 20.4 Å². The molecule has 3 rings (SSSR count). The van der Waals surface area contributed by atoms with Gasteiger partial charge in [0.25, 0.3) is 11.7 Å². The van der Waals surface area contributed by atoms with Crippen molar-refractivity contribution < 1.29 is 18.8 Å². The molecule has 0 radical (unpaired) electrons. The summed E-state index contributed by atoms with van der Waals surface area (Å²) in [4.78, 5) is 29.7. The maximum atomic E-state index is 12.4. The zero-order valence-corrected chi connectivity index (χ0v) is 11.9. The number of hydrogen-bond donors (Lipinski definition) is 1. The number of likely N-dealkylation sites (tertiary alicyclic amines) is 1. The summed E-state index contributed by atoms with van der Waals surface area (Å²) in [5, 5.41) is 6.99. The molecule has 8 heteroatoms. The standard InChI is InChI=1S/C13H18N4O4/c1-20-13(19)9-5-3-7-17(9)12(18)10-15-11(21-16-10)8-4-2-6-14-8/h8-9,14H,2-7H2,1H3. The summed E-state index contributed by atoms with van der Waals surface area (Å²) in [5.74, 6) is -0.336. The molecule has 0 aromatic carbocycles. The molecule has 2 saturated heterocycles. The zero-order chi connectivity index (χ0) is 14.8. The van der Waals surface area contributed by atoms with Crippen LogP contribution in [-0.4, -0.2) is 53.2 Å². The summed E-state index contributed by atoms with van der Waals surface area (Å²) >= 11 is 0. The first kappa shape index (κ1) is 14.0. The van der Waals surface area contributed by atoms with E-state index in [-0.39, 0.29) is 17.8 Å². The SMILES string of the molecule is COC(=O)C1CCCN1C(=O)c1noc(C2CCCN2)n1. The van der Waals surface area contributed by atoms with Gasteiger partial charge in [0.15, 0.2) is 0 Å². The highest BCUT2D eigenvalue weighted by Crippen LogP contribution is 2.23. The molecule has 2 aliphatic rings. The summed E-state index contributed by atoms with van der Waals surface area (Å²) in [5.41, 5.74) is 0. The third kappa shape index (κ3) is 2.63. The third-order valence-electron chi connectivity index (χ3n) is 3.98. The van der Waals surface area contributed by atoms with Crippen LogP contribution in [0.5, 0.6) is 0 Å². The Morgan fingerprint density at radius 1 is 1.38 bits per heavy atom. The number of hydrogen-bond acceptors (Lipinski definition) is 7. The summed E-state index contributed by atoms with van der Waals surface area (Å²) in [6.07, 6.45) is 3.34. The topological polar surface area (TPSA) is 97.6 Å². The summed E-state index contributed by atoms with van der Waals surface area (Å²) in [6.45, 7) is 1.41. The van der Waals surface area contributed by atoms with Gasteiger partial charge in [0, 0.05) is 6.54 Å². The van der Waals surface area contributed by atoms with Crippen LogP contribution >= 0.6 is 0 Å². The Hall–Kier alpha value is -1.96. The smallest absolute Gasteiger partial charge is 0.328 e. The highest BCUT2D eigenvalue weighted by molar-refractivity contribution is 5.94. The van der Waals surface area contributed by atoms with Crippen LogP contribution < -0.4 is 5.32 Å². The van der Waals surface area contributed by atoms with E-state index in [1.165, 1.54) is 12.0 Å².